The molecular formula is C15H18N6O2S. The highest BCUT2D eigenvalue weighted by Crippen LogP contribution is 2.29. The Bertz CT molecular complexity index is 981. The molecule has 1 aromatic carbocycles. The fraction of sp³-hybridized carbons (Fsp3) is 0.267. The molecule has 24 heavy (non-hydrogen) atoms. The molecule has 8 nitrogen and oxygen atoms in total. The van der Waals surface area contributed by atoms with E-state index in [2.05, 4.69) is 15.1 Å². The van der Waals surface area contributed by atoms with Crippen LogP contribution in [0.3, 0.4) is 0 Å². The van der Waals surface area contributed by atoms with Crippen LogP contribution in [0.15, 0.2) is 41.7 Å². The summed E-state index contributed by atoms with van der Waals surface area (Å²) in [4.78, 5) is 10.7. The highest BCUT2D eigenvalue weighted by molar-refractivity contribution is 7.89. The summed E-state index contributed by atoms with van der Waals surface area (Å²) >= 11 is 0. The van der Waals surface area contributed by atoms with Gasteiger partial charge in [-0.1, -0.05) is 12.1 Å². The molecule has 3 rings (SSSR count). The fourth-order valence-electron chi connectivity index (χ4n) is 2.57. The maximum Gasteiger partial charge on any atom is 0.238 e. The molecular weight excluding hydrogens is 328 g/mol. The number of nitrogens with two attached hydrogens (primary N) is 1. The van der Waals surface area contributed by atoms with E-state index in [1.54, 1.807) is 23.0 Å². The normalized spacial score (nSPS) is 13.2. The molecule has 2 N–H and O–H groups in total. The van der Waals surface area contributed by atoms with Gasteiger partial charge in [0, 0.05) is 14.1 Å². The summed E-state index contributed by atoms with van der Waals surface area (Å²) in [5.74, 6) is 0.760. The topological polar surface area (TPSA) is 107 Å². The summed E-state index contributed by atoms with van der Waals surface area (Å²) in [6.07, 6.45) is 3.24. The van der Waals surface area contributed by atoms with E-state index in [4.69, 9.17) is 5.14 Å². The summed E-state index contributed by atoms with van der Waals surface area (Å²) in [6, 6.07) is 6.49. The standard InChI is InChI=1S/C15H18N6O2S/c1-10(11-4-6-12(7-5-11)24(16,22)23)20(2)14-13-8-19-21(3)15(13)18-9-17-14/h4-10H,1-3H3,(H2,16,22,23). The fourth-order valence-corrected chi connectivity index (χ4v) is 3.09. The summed E-state index contributed by atoms with van der Waals surface area (Å²) in [5, 5.41) is 10.2. The van der Waals surface area contributed by atoms with Crippen LogP contribution in [0.2, 0.25) is 0 Å². The molecule has 9 heteroatoms. The molecule has 0 saturated carbocycles. The molecule has 0 fully saturated rings. The van der Waals surface area contributed by atoms with Gasteiger partial charge in [0.25, 0.3) is 0 Å². The zero-order chi connectivity index (χ0) is 17.5. The maximum atomic E-state index is 11.4. The number of primary sulfonamides is 1. The molecule has 126 valence electrons. The smallest absolute Gasteiger partial charge is 0.238 e. The van der Waals surface area contributed by atoms with Crippen molar-refractivity contribution >= 4 is 26.9 Å². The van der Waals surface area contributed by atoms with E-state index >= 15 is 0 Å². The number of benzene rings is 1. The minimum atomic E-state index is -3.69. The first kappa shape index (κ1) is 16.3. The van der Waals surface area contributed by atoms with Crippen LogP contribution in [-0.4, -0.2) is 35.2 Å². The van der Waals surface area contributed by atoms with E-state index in [0.29, 0.717) is 0 Å². The van der Waals surface area contributed by atoms with Gasteiger partial charge >= 0.3 is 0 Å². The van der Waals surface area contributed by atoms with Crippen LogP contribution in [0.25, 0.3) is 11.0 Å². The zero-order valence-electron chi connectivity index (χ0n) is 13.6. The van der Waals surface area contributed by atoms with Crippen LogP contribution >= 0.6 is 0 Å². The molecule has 3 aromatic rings. The highest BCUT2D eigenvalue weighted by Gasteiger charge is 2.18. The predicted octanol–water partition coefficient (Wildman–Crippen LogP) is 1.21. The Hall–Kier alpha value is -2.52. The number of rotatable bonds is 4. The van der Waals surface area contributed by atoms with Gasteiger partial charge in [0.05, 0.1) is 22.5 Å². The average Bonchev–Trinajstić information content (AvgIpc) is 2.94. The van der Waals surface area contributed by atoms with Gasteiger partial charge in [-0.25, -0.2) is 23.5 Å². The third-order valence-corrected chi connectivity index (χ3v) is 5.04. The molecule has 0 aliphatic heterocycles. The Labute approximate surface area is 140 Å². The molecule has 0 amide bonds. The number of hydrogen-bond donors (Lipinski definition) is 1. The lowest BCUT2D eigenvalue weighted by Gasteiger charge is -2.26. The highest BCUT2D eigenvalue weighted by atomic mass is 32.2. The largest absolute Gasteiger partial charge is 0.352 e. The average molecular weight is 346 g/mol. The molecule has 0 radical (unpaired) electrons. The van der Waals surface area contributed by atoms with E-state index in [0.717, 1.165) is 22.4 Å². The van der Waals surface area contributed by atoms with E-state index in [1.165, 1.54) is 18.5 Å². The van der Waals surface area contributed by atoms with Crippen LogP contribution in [-0.2, 0) is 17.1 Å². The molecule has 1 unspecified atom stereocenters. The van der Waals surface area contributed by atoms with Crippen molar-refractivity contribution in [3.63, 3.8) is 0 Å². The number of nitrogens with zero attached hydrogens (tertiary/aromatic N) is 5. The summed E-state index contributed by atoms with van der Waals surface area (Å²) in [7, 11) is 0.0626. The van der Waals surface area contributed by atoms with Crippen molar-refractivity contribution < 1.29 is 8.42 Å². The SMILES string of the molecule is CC(c1ccc(S(N)(=O)=O)cc1)N(C)c1ncnc2c1cnn2C. The van der Waals surface area contributed by atoms with Crippen LogP contribution in [0.5, 0.6) is 0 Å². The van der Waals surface area contributed by atoms with Crippen molar-refractivity contribution in [3.8, 4) is 0 Å². The lowest BCUT2D eigenvalue weighted by Crippen LogP contribution is -2.23. The minimum absolute atomic E-state index is 0.0298. The lowest BCUT2D eigenvalue weighted by atomic mass is 10.1. The summed E-state index contributed by atoms with van der Waals surface area (Å²) in [5.41, 5.74) is 1.70. The number of anilines is 1. The number of aromatic nitrogens is 4. The first-order valence-electron chi connectivity index (χ1n) is 7.27. The van der Waals surface area contributed by atoms with Crippen molar-refractivity contribution in [3.05, 3.63) is 42.4 Å². The number of sulfonamides is 1. The first-order valence-corrected chi connectivity index (χ1v) is 8.82. The van der Waals surface area contributed by atoms with E-state index in [-0.39, 0.29) is 10.9 Å². The molecule has 0 saturated heterocycles. The summed E-state index contributed by atoms with van der Waals surface area (Å²) < 4.78 is 24.4. The van der Waals surface area contributed by atoms with Crippen LogP contribution in [0.1, 0.15) is 18.5 Å². The molecule has 0 spiro atoms. The van der Waals surface area contributed by atoms with E-state index in [1.807, 2.05) is 25.9 Å². The van der Waals surface area contributed by atoms with Crippen molar-refractivity contribution in [2.75, 3.05) is 11.9 Å². The van der Waals surface area contributed by atoms with Gasteiger partial charge in [0.2, 0.25) is 10.0 Å². The third kappa shape index (κ3) is 2.83. The minimum Gasteiger partial charge on any atom is -0.352 e. The van der Waals surface area contributed by atoms with E-state index < -0.39 is 10.0 Å². The van der Waals surface area contributed by atoms with Gasteiger partial charge in [-0.2, -0.15) is 5.10 Å². The van der Waals surface area contributed by atoms with Crippen LogP contribution in [0.4, 0.5) is 5.82 Å². The Morgan fingerprint density at radius 2 is 1.88 bits per heavy atom. The second kappa shape index (κ2) is 5.84. The van der Waals surface area contributed by atoms with E-state index in [9.17, 15) is 8.42 Å². The van der Waals surface area contributed by atoms with Crippen LogP contribution in [0, 0.1) is 0 Å². The van der Waals surface area contributed by atoms with Gasteiger partial charge in [-0.05, 0) is 24.6 Å². The zero-order valence-corrected chi connectivity index (χ0v) is 14.4. The monoisotopic (exact) mass is 346 g/mol. The molecule has 1 atom stereocenters. The van der Waals surface area contributed by atoms with Gasteiger partial charge < -0.3 is 4.90 Å². The van der Waals surface area contributed by atoms with Gasteiger partial charge in [-0.15, -0.1) is 0 Å². The maximum absolute atomic E-state index is 11.4. The van der Waals surface area contributed by atoms with Crippen molar-refractivity contribution in [1.82, 2.24) is 19.7 Å². The molecule has 0 aliphatic rings. The quantitative estimate of drug-likeness (QED) is 0.761. The molecule has 2 aromatic heterocycles. The molecule has 2 heterocycles. The van der Waals surface area contributed by atoms with Crippen LogP contribution < -0.4 is 10.0 Å². The Morgan fingerprint density at radius 1 is 1.21 bits per heavy atom. The van der Waals surface area contributed by atoms with Gasteiger partial charge in [0.1, 0.15) is 12.1 Å². The predicted molar refractivity (Wildman–Crippen MR) is 90.9 cm³/mol. The number of aryl methyl sites for hydroxylation is 1. The lowest BCUT2D eigenvalue weighted by molar-refractivity contribution is 0.597. The third-order valence-electron chi connectivity index (χ3n) is 4.11. The van der Waals surface area contributed by atoms with Gasteiger partial charge in [-0.3, -0.25) is 4.68 Å². The second-order valence-corrected chi connectivity index (χ2v) is 7.17. The molecule has 0 aliphatic carbocycles. The van der Waals surface area contributed by atoms with Crippen molar-refractivity contribution in [1.29, 1.82) is 0 Å². The van der Waals surface area contributed by atoms with Gasteiger partial charge in [0.15, 0.2) is 5.65 Å². The Morgan fingerprint density at radius 3 is 2.50 bits per heavy atom. The Balaban J connectivity index is 1.95. The summed E-state index contributed by atoms with van der Waals surface area (Å²) in [6.45, 7) is 2.01. The molecule has 0 bridgehead atoms. The number of fused-ring (bicyclic) bond motifs is 1. The first-order chi connectivity index (χ1) is 11.3. The van der Waals surface area contributed by atoms with Crippen molar-refractivity contribution in [2.45, 2.75) is 17.9 Å². The number of hydrogen-bond acceptors (Lipinski definition) is 6. The Kier molecular flexibility index (Phi) is 3.98. The van der Waals surface area contributed by atoms with Crippen molar-refractivity contribution in [2.24, 2.45) is 12.2 Å². The second-order valence-electron chi connectivity index (χ2n) is 5.60.